The van der Waals surface area contributed by atoms with Gasteiger partial charge in [0.15, 0.2) is 11.5 Å². The molecule has 4 heteroatoms. The lowest BCUT2D eigenvalue weighted by molar-refractivity contribution is 0.276. The zero-order valence-electron chi connectivity index (χ0n) is 10.4. The number of ether oxygens (including phenoxy) is 2. The molecule has 3 nitrogen and oxygen atoms in total. The zero-order valence-corrected chi connectivity index (χ0v) is 11.2. The van der Waals surface area contributed by atoms with E-state index in [2.05, 4.69) is 5.32 Å². The smallest absolute Gasteiger partial charge is 0.161 e. The Bertz CT molecular complexity index is 318. The minimum Gasteiger partial charge on any atom is -0.490 e. The van der Waals surface area contributed by atoms with Crippen LogP contribution in [0.3, 0.4) is 0 Å². The van der Waals surface area contributed by atoms with Gasteiger partial charge in [-0.05, 0) is 26.0 Å². The van der Waals surface area contributed by atoms with Gasteiger partial charge in [0.05, 0.1) is 6.61 Å². The molecule has 0 amide bonds. The van der Waals surface area contributed by atoms with Crippen LogP contribution >= 0.6 is 11.6 Å². The number of halogens is 1. The van der Waals surface area contributed by atoms with Crippen molar-refractivity contribution < 1.29 is 9.47 Å². The van der Waals surface area contributed by atoms with Crippen LogP contribution in [-0.2, 0) is 0 Å². The highest BCUT2D eigenvalue weighted by atomic mass is 35.5. The first-order valence-electron chi connectivity index (χ1n) is 5.93. The molecule has 0 aliphatic heterocycles. The van der Waals surface area contributed by atoms with Gasteiger partial charge in [-0.25, -0.2) is 0 Å². The fourth-order valence-electron chi connectivity index (χ4n) is 1.38. The van der Waals surface area contributed by atoms with E-state index in [-0.39, 0.29) is 5.38 Å². The highest BCUT2D eigenvalue weighted by Crippen LogP contribution is 2.25. The Hall–Kier alpha value is -0.930. The maximum absolute atomic E-state index is 5.82. The first-order chi connectivity index (χ1) is 8.24. The second-order valence-electron chi connectivity index (χ2n) is 3.71. The minimum absolute atomic E-state index is 0.144. The van der Waals surface area contributed by atoms with Crippen molar-refractivity contribution in [2.24, 2.45) is 0 Å². The van der Waals surface area contributed by atoms with E-state index in [1.54, 1.807) is 0 Å². The number of rotatable bonds is 8. The number of alkyl halides is 1. The third-order valence-electron chi connectivity index (χ3n) is 2.11. The summed E-state index contributed by atoms with van der Waals surface area (Å²) in [6.07, 6.45) is 0. The monoisotopic (exact) mass is 257 g/mol. The van der Waals surface area contributed by atoms with Gasteiger partial charge in [-0.2, -0.15) is 0 Å². The summed E-state index contributed by atoms with van der Waals surface area (Å²) in [6, 6.07) is 7.69. The molecule has 1 aromatic rings. The average molecular weight is 258 g/mol. The third-order valence-corrected chi connectivity index (χ3v) is 2.27. The van der Waals surface area contributed by atoms with Crippen LogP contribution < -0.4 is 14.8 Å². The SMILES string of the molecule is CCOc1ccccc1OCCNCC(C)Cl. The lowest BCUT2D eigenvalue weighted by Gasteiger charge is -2.12. The molecular weight excluding hydrogens is 238 g/mol. The molecule has 1 unspecified atom stereocenters. The first-order valence-corrected chi connectivity index (χ1v) is 6.37. The number of para-hydroxylation sites is 2. The molecule has 0 radical (unpaired) electrons. The van der Waals surface area contributed by atoms with Crippen LogP contribution in [0.15, 0.2) is 24.3 Å². The zero-order chi connectivity index (χ0) is 12.5. The first kappa shape index (κ1) is 14.1. The lowest BCUT2D eigenvalue weighted by Crippen LogP contribution is -2.26. The van der Waals surface area contributed by atoms with Gasteiger partial charge in [0.1, 0.15) is 6.61 Å². The molecule has 0 spiro atoms. The molecule has 0 bridgehead atoms. The Morgan fingerprint density at radius 1 is 1.24 bits per heavy atom. The van der Waals surface area contributed by atoms with Crippen molar-refractivity contribution in [2.75, 3.05) is 26.3 Å². The predicted octanol–water partition coefficient (Wildman–Crippen LogP) is 2.68. The van der Waals surface area contributed by atoms with Crippen molar-refractivity contribution in [3.05, 3.63) is 24.3 Å². The normalized spacial score (nSPS) is 12.2. The highest BCUT2D eigenvalue weighted by molar-refractivity contribution is 6.20. The molecule has 0 aromatic heterocycles. The molecule has 0 fully saturated rings. The van der Waals surface area contributed by atoms with E-state index in [4.69, 9.17) is 21.1 Å². The van der Waals surface area contributed by atoms with Crippen molar-refractivity contribution in [1.82, 2.24) is 5.32 Å². The van der Waals surface area contributed by atoms with Crippen molar-refractivity contribution in [3.8, 4) is 11.5 Å². The van der Waals surface area contributed by atoms with Gasteiger partial charge in [0.2, 0.25) is 0 Å². The third kappa shape index (κ3) is 5.80. The minimum atomic E-state index is 0.144. The Morgan fingerprint density at radius 3 is 2.47 bits per heavy atom. The Balaban J connectivity index is 2.30. The molecule has 96 valence electrons. The maximum atomic E-state index is 5.82. The fraction of sp³-hybridized carbons (Fsp3) is 0.538. The van der Waals surface area contributed by atoms with Gasteiger partial charge < -0.3 is 14.8 Å². The molecule has 1 atom stereocenters. The quantitative estimate of drug-likeness (QED) is 0.574. The van der Waals surface area contributed by atoms with Gasteiger partial charge in [-0.15, -0.1) is 11.6 Å². The van der Waals surface area contributed by atoms with E-state index in [0.717, 1.165) is 24.6 Å². The van der Waals surface area contributed by atoms with Crippen LogP contribution in [0.25, 0.3) is 0 Å². The molecule has 0 saturated heterocycles. The summed E-state index contributed by atoms with van der Waals surface area (Å²) in [5, 5.41) is 3.35. The predicted molar refractivity (Wildman–Crippen MR) is 71.3 cm³/mol. The summed E-state index contributed by atoms with van der Waals surface area (Å²) in [6.45, 7) is 6.73. The Morgan fingerprint density at radius 2 is 1.88 bits per heavy atom. The van der Waals surface area contributed by atoms with Crippen molar-refractivity contribution in [3.63, 3.8) is 0 Å². The second-order valence-corrected chi connectivity index (χ2v) is 4.46. The number of nitrogens with one attached hydrogen (secondary N) is 1. The van der Waals surface area contributed by atoms with E-state index >= 15 is 0 Å². The van der Waals surface area contributed by atoms with Crippen molar-refractivity contribution >= 4 is 11.6 Å². The van der Waals surface area contributed by atoms with Gasteiger partial charge >= 0.3 is 0 Å². The van der Waals surface area contributed by atoms with E-state index in [1.807, 2.05) is 38.1 Å². The molecule has 1 N–H and O–H groups in total. The van der Waals surface area contributed by atoms with Gasteiger partial charge in [-0.1, -0.05) is 12.1 Å². The van der Waals surface area contributed by atoms with Crippen LogP contribution in [0.5, 0.6) is 11.5 Å². The summed E-state index contributed by atoms with van der Waals surface area (Å²) >= 11 is 5.82. The summed E-state index contributed by atoms with van der Waals surface area (Å²) in [4.78, 5) is 0. The van der Waals surface area contributed by atoms with Gasteiger partial charge in [0, 0.05) is 18.5 Å². The summed E-state index contributed by atoms with van der Waals surface area (Å²) in [7, 11) is 0. The van der Waals surface area contributed by atoms with Gasteiger partial charge in [0.25, 0.3) is 0 Å². The lowest BCUT2D eigenvalue weighted by atomic mass is 10.3. The topological polar surface area (TPSA) is 30.5 Å². The summed E-state index contributed by atoms with van der Waals surface area (Å²) < 4.78 is 11.1. The van der Waals surface area contributed by atoms with E-state index in [1.165, 1.54) is 0 Å². The molecule has 0 heterocycles. The Kier molecular flexibility index (Phi) is 6.82. The molecular formula is C13H20ClNO2. The maximum Gasteiger partial charge on any atom is 0.161 e. The summed E-state index contributed by atoms with van der Waals surface area (Å²) in [5.41, 5.74) is 0. The molecule has 0 saturated carbocycles. The van der Waals surface area contributed by atoms with E-state index < -0.39 is 0 Å². The largest absolute Gasteiger partial charge is 0.490 e. The highest BCUT2D eigenvalue weighted by Gasteiger charge is 2.02. The molecule has 0 aliphatic carbocycles. The van der Waals surface area contributed by atoms with E-state index in [0.29, 0.717) is 13.2 Å². The van der Waals surface area contributed by atoms with Crippen LogP contribution in [0.1, 0.15) is 13.8 Å². The van der Waals surface area contributed by atoms with Crippen LogP contribution in [0.2, 0.25) is 0 Å². The van der Waals surface area contributed by atoms with Crippen LogP contribution in [0.4, 0.5) is 0 Å². The van der Waals surface area contributed by atoms with Crippen molar-refractivity contribution in [2.45, 2.75) is 19.2 Å². The Labute approximate surface area is 108 Å². The number of benzene rings is 1. The molecule has 1 rings (SSSR count). The molecule has 17 heavy (non-hydrogen) atoms. The second kappa shape index (κ2) is 8.20. The molecule has 1 aromatic carbocycles. The van der Waals surface area contributed by atoms with E-state index in [9.17, 15) is 0 Å². The summed E-state index contributed by atoms with van der Waals surface area (Å²) in [5.74, 6) is 1.58. The fourth-order valence-corrected chi connectivity index (χ4v) is 1.49. The van der Waals surface area contributed by atoms with Crippen LogP contribution in [-0.4, -0.2) is 31.7 Å². The van der Waals surface area contributed by atoms with Crippen LogP contribution in [0, 0.1) is 0 Å². The number of hydrogen-bond acceptors (Lipinski definition) is 3. The average Bonchev–Trinajstić information content (AvgIpc) is 2.31. The van der Waals surface area contributed by atoms with Crippen molar-refractivity contribution in [1.29, 1.82) is 0 Å². The standard InChI is InChI=1S/C13H20ClNO2/c1-3-16-12-6-4-5-7-13(12)17-9-8-15-10-11(2)14/h4-7,11,15H,3,8-10H2,1-2H3. The number of hydrogen-bond donors (Lipinski definition) is 1. The molecule has 0 aliphatic rings. The van der Waals surface area contributed by atoms with Gasteiger partial charge in [-0.3, -0.25) is 0 Å².